The van der Waals surface area contributed by atoms with Crippen LogP contribution in [0.15, 0.2) is 49.4 Å². The summed E-state index contributed by atoms with van der Waals surface area (Å²) in [4.78, 5) is 15.8. The van der Waals surface area contributed by atoms with Gasteiger partial charge in [0, 0.05) is 57.2 Å². The Morgan fingerprint density at radius 1 is 0.785 bits per heavy atom. The molecule has 1 N–H and O–H groups in total. The first-order valence-corrected chi connectivity index (χ1v) is 22.7. The molecule has 1 saturated carbocycles. The SMILES string of the molecule is COCCOCCOCCOCCOCCOCCOCCCOc1nn([C@H]2CC[C@H](N3CCOCC3)CC2)cc1Nc1ncc(-c2ccc(C#N)c(O[C@@H](C)Cn3cncn3)c2)cn1. The van der Waals surface area contributed by atoms with Crippen LogP contribution in [-0.2, 0) is 44.4 Å². The van der Waals surface area contributed by atoms with Crippen molar-refractivity contribution in [2.45, 2.75) is 63.8 Å². The van der Waals surface area contributed by atoms with Crippen LogP contribution in [0.3, 0.4) is 0 Å². The number of benzene rings is 1. The van der Waals surface area contributed by atoms with Crippen LogP contribution < -0.4 is 14.8 Å². The van der Waals surface area contributed by atoms with Crippen molar-refractivity contribution < 1.29 is 47.4 Å². The minimum Gasteiger partial charge on any atom is -0.487 e. The number of nitriles is 1. The summed E-state index contributed by atoms with van der Waals surface area (Å²) in [5, 5.41) is 22.2. The average Bonchev–Trinajstić information content (AvgIpc) is 4.01. The lowest BCUT2D eigenvalue weighted by atomic mass is 9.90. The Balaban J connectivity index is 0.921. The number of nitrogens with zero attached hydrogens (tertiary/aromatic N) is 9. The van der Waals surface area contributed by atoms with Gasteiger partial charge in [0.2, 0.25) is 5.95 Å². The summed E-state index contributed by atoms with van der Waals surface area (Å²) in [6.07, 6.45) is 13.3. The fourth-order valence-corrected chi connectivity index (χ4v) is 7.46. The van der Waals surface area contributed by atoms with Gasteiger partial charge in [0.05, 0.1) is 123 Å². The topological polar surface area (TPSA) is 206 Å². The molecular weight excluding hydrogens is 841 g/mol. The standard InChI is InChI=1S/C45H66N10O10/c1-36(32-54-35-47-34-50-54)65-43-28-37(4-5-38(43)29-46)39-30-48-45(49-31-39)51-42-33-55(41-8-6-40(7-9-41)53-10-14-58-15-11-53)52-44(42)64-13-3-12-57-18-19-60-22-23-62-26-27-63-25-24-61-21-20-59-17-16-56-2/h4-5,28,30-31,33-36,40-41H,3,6-27,32H2,1-2H3,(H,48,49,51)/t36-,40-,41-/m0/s1. The highest BCUT2D eigenvalue weighted by Gasteiger charge is 2.29. The van der Waals surface area contributed by atoms with Crippen LogP contribution in [0.1, 0.15) is 50.6 Å². The summed E-state index contributed by atoms with van der Waals surface area (Å²) in [5.74, 6) is 1.37. The smallest absolute Gasteiger partial charge is 0.256 e. The van der Waals surface area contributed by atoms with Crippen molar-refractivity contribution in [1.82, 2.24) is 39.4 Å². The van der Waals surface area contributed by atoms with E-state index in [0.717, 1.165) is 63.1 Å². The van der Waals surface area contributed by atoms with Crippen molar-refractivity contribution >= 4 is 11.6 Å². The third-order valence-corrected chi connectivity index (χ3v) is 10.8. The summed E-state index contributed by atoms with van der Waals surface area (Å²) >= 11 is 0. The molecule has 1 aliphatic carbocycles. The summed E-state index contributed by atoms with van der Waals surface area (Å²) in [6, 6.07) is 8.50. The van der Waals surface area contributed by atoms with Crippen LogP contribution in [-0.4, -0.2) is 177 Å². The highest BCUT2D eigenvalue weighted by molar-refractivity contribution is 5.67. The van der Waals surface area contributed by atoms with Crippen molar-refractivity contribution in [2.24, 2.45) is 0 Å². The molecule has 20 nitrogen and oxygen atoms in total. The van der Waals surface area contributed by atoms with Gasteiger partial charge in [-0.25, -0.2) is 19.6 Å². The van der Waals surface area contributed by atoms with Gasteiger partial charge in [0.25, 0.3) is 5.88 Å². The molecule has 1 aliphatic heterocycles. The monoisotopic (exact) mass is 906 g/mol. The molecule has 3 aromatic heterocycles. The van der Waals surface area contributed by atoms with Crippen molar-refractivity contribution in [2.75, 3.05) is 131 Å². The largest absolute Gasteiger partial charge is 0.487 e. The molecule has 0 radical (unpaired) electrons. The maximum Gasteiger partial charge on any atom is 0.256 e. The second kappa shape index (κ2) is 29.0. The Labute approximate surface area is 381 Å². The minimum atomic E-state index is -0.249. The van der Waals surface area contributed by atoms with E-state index in [0.29, 0.717) is 140 Å². The first-order valence-electron chi connectivity index (χ1n) is 22.7. The molecule has 356 valence electrons. The van der Waals surface area contributed by atoms with Gasteiger partial charge in [-0.15, -0.1) is 5.10 Å². The molecule has 0 unspecified atom stereocenters. The molecule has 0 bridgehead atoms. The van der Waals surface area contributed by atoms with E-state index < -0.39 is 0 Å². The Kier molecular flexibility index (Phi) is 22.1. The Bertz CT molecular complexity index is 1920. The molecule has 0 spiro atoms. The van der Waals surface area contributed by atoms with Gasteiger partial charge in [-0.2, -0.15) is 10.4 Å². The number of hydrogen-bond acceptors (Lipinski definition) is 18. The zero-order chi connectivity index (χ0) is 45.2. The van der Waals surface area contributed by atoms with Gasteiger partial charge in [-0.3, -0.25) is 9.58 Å². The fourth-order valence-electron chi connectivity index (χ4n) is 7.46. The second-order valence-electron chi connectivity index (χ2n) is 15.6. The number of anilines is 2. The van der Waals surface area contributed by atoms with Crippen LogP contribution in [0, 0.1) is 11.3 Å². The maximum absolute atomic E-state index is 9.76. The molecule has 20 heteroatoms. The lowest BCUT2D eigenvalue weighted by molar-refractivity contribution is -0.0193. The van der Waals surface area contributed by atoms with Crippen molar-refractivity contribution in [3.05, 3.63) is 55.0 Å². The van der Waals surface area contributed by atoms with E-state index in [-0.39, 0.29) is 12.1 Å². The van der Waals surface area contributed by atoms with Crippen LogP contribution in [0.5, 0.6) is 11.6 Å². The van der Waals surface area contributed by atoms with E-state index in [4.69, 9.17) is 52.5 Å². The van der Waals surface area contributed by atoms with E-state index in [1.54, 1.807) is 36.6 Å². The van der Waals surface area contributed by atoms with Gasteiger partial charge >= 0.3 is 0 Å². The summed E-state index contributed by atoms with van der Waals surface area (Å²) in [5.41, 5.74) is 2.71. The number of nitrogens with one attached hydrogen (secondary N) is 1. The van der Waals surface area contributed by atoms with Gasteiger partial charge < -0.3 is 52.7 Å². The third-order valence-electron chi connectivity index (χ3n) is 10.8. The Morgan fingerprint density at radius 2 is 1.40 bits per heavy atom. The van der Waals surface area contributed by atoms with Crippen LogP contribution >= 0.6 is 0 Å². The molecule has 1 aromatic carbocycles. The number of rotatable bonds is 32. The van der Waals surface area contributed by atoms with E-state index in [1.807, 2.05) is 29.9 Å². The lowest BCUT2D eigenvalue weighted by Gasteiger charge is -2.38. The predicted molar refractivity (Wildman–Crippen MR) is 238 cm³/mol. The average molecular weight is 907 g/mol. The molecule has 4 aromatic rings. The van der Waals surface area contributed by atoms with Crippen LogP contribution in [0.2, 0.25) is 0 Å². The molecule has 6 rings (SSSR count). The first kappa shape index (κ1) is 49.6. The predicted octanol–water partition coefficient (Wildman–Crippen LogP) is 4.35. The van der Waals surface area contributed by atoms with Gasteiger partial charge in [0.1, 0.15) is 36.3 Å². The third kappa shape index (κ3) is 17.5. The highest BCUT2D eigenvalue weighted by Crippen LogP contribution is 2.35. The molecule has 1 saturated heterocycles. The lowest BCUT2D eigenvalue weighted by Crippen LogP contribution is -2.45. The fraction of sp³-hybridized carbons (Fsp3) is 0.644. The van der Waals surface area contributed by atoms with Crippen LogP contribution in [0.4, 0.5) is 11.6 Å². The minimum absolute atomic E-state index is 0.249. The van der Waals surface area contributed by atoms with Gasteiger partial charge in [-0.1, -0.05) is 6.07 Å². The van der Waals surface area contributed by atoms with E-state index in [1.165, 1.54) is 6.33 Å². The zero-order valence-electron chi connectivity index (χ0n) is 37.9. The molecule has 2 fully saturated rings. The van der Waals surface area contributed by atoms with E-state index >= 15 is 0 Å². The highest BCUT2D eigenvalue weighted by atomic mass is 16.6. The second-order valence-corrected chi connectivity index (χ2v) is 15.6. The van der Waals surface area contributed by atoms with Crippen LogP contribution in [0.25, 0.3) is 11.1 Å². The molecule has 1 atom stereocenters. The first-order chi connectivity index (χ1) is 32.1. The Morgan fingerprint density at radius 3 is 2.00 bits per heavy atom. The molecular formula is C45H66N10O10. The van der Waals surface area contributed by atoms with Gasteiger partial charge in [0.15, 0.2) is 0 Å². The normalized spacial score (nSPS) is 17.2. The van der Waals surface area contributed by atoms with E-state index in [2.05, 4.69) is 36.3 Å². The summed E-state index contributed by atoms with van der Waals surface area (Å²) in [6.45, 7) is 13.1. The number of methoxy groups -OCH3 is 1. The maximum atomic E-state index is 9.76. The number of ether oxygens (including phenoxy) is 10. The number of morpholine rings is 1. The number of aromatic nitrogens is 7. The van der Waals surface area contributed by atoms with Crippen molar-refractivity contribution in [3.8, 4) is 28.8 Å². The van der Waals surface area contributed by atoms with Gasteiger partial charge in [-0.05, 0) is 50.3 Å². The quantitative estimate of drug-likeness (QED) is 0.0677. The molecule has 65 heavy (non-hydrogen) atoms. The molecule has 0 amide bonds. The Hall–Kier alpha value is -4.82. The van der Waals surface area contributed by atoms with Crippen molar-refractivity contribution in [1.29, 1.82) is 5.26 Å². The number of hydrogen-bond donors (Lipinski definition) is 1. The summed E-state index contributed by atoms with van der Waals surface area (Å²) < 4.78 is 60.0. The van der Waals surface area contributed by atoms with E-state index in [9.17, 15) is 5.26 Å². The summed E-state index contributed by atoms with van der Waals surface area (Å²) in [7, 11) is 1.65. The zero-order valence-corrected chi connectivity index (χ0v) is 37.9. The van der Waals surface area contributed by atoms with Crippen molar-refractivity contribution in [3.63, 3.8) is 0 Å². The molecule has 2 aliphatic rings. The molecule has 4 heterocycles.